The standard InChI is InChI=1S/C13H18N4O2/c1-13(2,3)11-12(19)17(5-4-10(18)16-11)9-6-14-8-15-7-9/h6-8,11H,4-5H2,1-3H3,(H,16,18). The van der Waals surface area contributed by atoms with Crippen LogP contribution >= 0.6 is 0 Å². The Hall–Kier alpha value is -1.98. The first-order chi connectivity index (χ1) is 8.89. The molecule has 1 aliphatic rings. The molecule has 1 fully saturated rings. The maximum atomic E-state index is 12.6. The molecular formula is C13H18N4O2. The van der Waals surface area contributed by atoms with Crippen molar-refractivity contribution in [3.05, 3.63) is 18.7 Å². The Kier molecular flexibility index (Phi) is 3.50. The molecule has 1 atom stereocenters. The summed E-state index contributed by atoms with van der Waals surface area (Å²) >= 11 is 0. The van der Waals surface area contributed by atoms with Crippen LogP contribution in [0.5, 0.6) is 0 Å². The highest BCUT2D eigenvalue weighted by atomic mass is 16.2. The molecule has 0 radical (unpaired) electrons. The number of nitrogens with one attached hydrogen (secondary N) is 1. The lowest BCUT2D eigenvalue weighted by Gasteiger charge is -2.32. The van der Waals surface area contributed by atoms with Crippen LogP contribution in [0.2, 0.25) is 0 Å². The van der Waals surface area contributed by atoms with E-state index >= 15 is 0 Å². The minimum Gasteiger partial charge on any atom is -0.344 e. The molecule has 102 valence electrons. The number of hydrogen-bond donors (Lipinski definition) is 1. The van der Waals surface area contributed by atoms with Gasteiger partial charge in [0.15, 0.2) is 0 Å². The third kappa shape index (κ3) is 2.89. The van der Waals surface area contributed by atoms with E-state index in [-0.39, 0.29) is 23.7 Å². The summed E-state index contributed by atoms with van der Waals surface area (Å²) in [5, 5.41) is 2.80. The third-order valence-electron chi connectivity index (χ3n) is 3.11. The number of amides is 2. The van der Waals surface area contributed by atoms with Crippen molar-refractivity contribution >= 4 is 17.5 Å². The zero-order chi connectivity index (χ0) is 14.0. The average molecular weight is 262 g/mol. The Bertz CT molecular complexity index is 481. The maximum absolute atomic E-state index is 12.6. The summed E-state index contributed by atoms with van der Waals surface area (Å²) in [4.78, 5) is 33.8. The van der Waals surface area contributed by atoms with Gasteiger partial charge in [-0.2, -0.15) is 0 Å². The van der Waals surface area contributed by atoms with Crippen LogP contribution in [0.25, 0.3) is 0 Å². The summed E-state index contributed by atoms with van der Waals surface area (Å²) < 4.78 is 0. The van der Waals surface area contributed by atoms with Crippen molar-refractivity contribution in [2.75, 3.05) is 11.4 Å². The largest absolute Gasteiger partial charge is 0.344 e. The topological polar surface area (TPSA) is 75.2 Å². The molecule has 6 nitrogen and oxygen atoms in total. The summed E-state index contributed by atoms with van der Waals surface area (Å²) in [5.74, 6) is -0.222. The number of aromatic nitrogens is 2. The molecule has 2 heterocycles. The smallest absolute Gasteiger partial charge is 0.250 e. The van der Waals surface area contributed by atoms with Crippen LogP contribution in [-0.4, -0.2) is 34.4 Å². The molecule has 0 aliphatic carbocycles. The van der Waals surface area contributed by atoms with Gasteiger partial charge in [-0.1, -0.05) is 20.8 Å². The quantitative estimate of drug-likeness (QED) is 0.810. The first-order valence-electron chi connectivity index (χ1n) is 6.25. The van der Waals surface area contributed by atoms with Gasteiger partial charge in [0.05, 0.1) is 18.1 Å². The van der Waals surface area contributed by atoms with Crippen molar-refractivity contribution in [1.82, 2.24) is 15.3 Å². The van der Waals surface area contributed by atoms with Gasteiger partial charge in [-0.05, 0) is 5.41 Å². The summed E-state index contributed by atoms with van der Waals surface area (Å²) in [6, 6.07) is -0.539. The molecule has 0 saturated carbocycles. The van der Waals surface area contributed by atoms with E-state index in [0.717, 1.165) is 0 Å². The highest BCUT2D eigenvalue weighted by Crippen LogP contribution is 2.25. The Morgan fingerprint density at radius 3 is 2.47 bits per heavy atom. The minimum absolute atomic E-state index is 0.104. The number of anilines is 1. The number of rotatable bonds is 1. The second-order valence-corrected chi connectivity index (χ2v) is 5.70. The zero-order valence-corrected chi connectivity index (χ0v) is 11.4. The Morgan fingerprint density at radius 2 is 1.89 bits per heavy atom. The number of nitrogens with zero attached hydrogens (tertiary/aromatic N) is 3. The lowest BCUT2D eigenvalue weighted by Crippen LogP contribution is -2.52. The number of carbonyl (C=O) groups excluding carboxylic acids is 2. The van der Waals surface area contributed by atoms with Crippen molar-refractivity contribution in [2.24, 2.45) is 5.41 Å². The average Bonchev–Trinajstić information content (AvgIpc) is 2.50. The van der Waals surface area contributed by atoms with Gasteiger partial charge < -0.3 is 10.2 Å². The van der Waals surface area contributed by atoms with E-state index in [0.29, 0.717) is 12.2 Å². The first kappa shape index (κ1) is 13.5. The van der Waals surface area contributed by atoms with Gasteiger partial charge in [-0.3, -0.25) is 9.59 Å². The van der Waals surface area contributed by atoms with Crippen LogP contribution in [-0.2, 0) is 9.59 Å². The lowest BCUT2D eigenvalue weighted by molar-refractivity contribution is -0.127. The predicted molar refractivity (Wildman–Crippen MR) is 70.4 cm³/mol. The van der Waals surface area contributed by atoms with Crippen molar-refractivity contribution in [2.45, 2.75) is 33.2 Å². The van der Waals surface area contributed by atoms with E-state index < -0.39 is 6.04 Å². The zero-order valence-electron chi connectivity index (χ0n) is 11.4. The van der Waals surface area contributed by atoms with Gasteiger partial charge in [-0.15, -0.1) is 0 Å². The second kappa shape index (κ2) is 4.95. The Balaban J connectivity index is 2.34. The SMILES string of the molecule is CC(C)(C)C1NC(=O)CCN(c2cncnc2)C1=O. The van der Waals surface area contributed by atoms with E-state index in [1.807, 2.05) is 20.8 Å². The summed E-state index contributed by atoms with van der Waals surface area (Å²) in [6.07, 6.45) is 4.87. The number of hydrogen-bond acceptors (Lipinski definition) is 4. The molecule has 1 N–H and O–H groups in total. The summed E-state index contributed by atoms with van der Waals surface area (Å²) in [5.41, 5.74) is 0.281. The normalized spacial score (nSPS) is 21.0. The maximum Gasteiger partial charge on any atom is 0.250 e. The van der Waals surface area contributed by atoms with E-state index in [1.54, 1.807) is 17.3 Å². The van der Waals surface area contributed by atoms with Crippen molar-refractivity contribution in [1.29, 1.82) is 0 Å². The summed E-state index contributed by atoms with van der Waals surface area (Å²) in [6.45, 7) is 6.15. The van der Waals surface area contributed by atoms with Crippen LogP contribution in [0.3, 0.4) is 0 Å². The van der Waals surface area contributed by atoms with Gasteiger partial charge in [-0.25, -0.2) is 9.97 Å². The minimum atomic E-state index is -0.539. The highest BCUT2D eigenvalue weighted by molar-refractivity contribution is 6.01. The molecule has 2 amide bonds. The molecule has 1 aromatic heterocycles. The van der Waals surface area contributed by atoms with Gasteiger partial charge >= 0.3 is 0 Å². The molecule has 1 aliphatic heterocycles. The van der Waals surface area contributed by atoms with Crippen LogP contribution < -0.4 is 10.2 Å². The van der Waals surface area contributed by atoms with Crippen molar-refractivity contribution in [3.8, 4) is 0 Å². The lowest BCUT2D eigenvalue weighted by atomic mass is 9.86. The molecule has 2 rings (SSSR count). The van der Waals surface area contributed by atoms with E-state index in [9.17, 15) is 9.59 Å². The molecule has 0 aromatic carbocycles. The molecule has 6 heteroatoms. The Morgan fingerprint density at radius 1 is 1.26 bits per heavy atom. The number of carbonyl (C=O) groups is 2. The van der Waals surface area contributed by atoms with Gasteiger partial charge in [0, 0.05) is 13.0 Å². The predicted octanol–water partition coefficient (Wildman–Crippen LogP) is 0.744. The summed E-state index contributed by atoms with van der Waals surface area (Å²) in [7, 11) is 0. The van der Waals surface area contributed by atoms with Crippen LogP contribution in [0.4, 0.5) is 5.69 Å². The molecule has 19 heavy (non-hydrogen) atoms. The molecule has 1 saturated heterocycles. The highest BCUT2D eigenvalue weighted by Gasteiger charge is 2.38. The third-order valence-corrected chi connectivity index (χ3v) is 3.11. The van der Waals surface area contributed by atoms with E-state index in [2.05, 4.69) is 15.3 Å². The van der Waals surface area contributed by atoms with Gasteiger partial charge in [0.2, 0.25) is 11.8 Å². The second-order valence-electron chi connectivity index (χ2n) is 5.70. The van der Waals surface area contributed by atoms with Crippen molar-refractivity contribution in [3.63, 3.8) is 0 Å². The fourth-order valence-corrected chi connectivity index (χ4v) is 2.05. The molecule has 1 unspecified atom stereocenters. The molecular weight excluding hydrogens is 244 g/mol. The fourth-order valence-electron chi connectivity index (χ4n) is 2.05. The molecule has 1 aromatic rings. The van der Waals surface area contributed by atoms with E-state index in [4.69, 9.17) is 0 Å². The van der Waals surface area contributed by atoms with Crippen LogP contribution in [0, 0.1) is 5.41 Å². The first-order valence-corrected chi connectivity index (χ1v) is 6.25. The van der Waals surface area contributed by atoms with Crippen LogP contribution in [0.1, 0.15) is 27.2 Å². The van der Waals surface area contributed by atoms with Crippen molar-refractivity contribution < 1.29 is 9.59 Å². The van der Waals surface area contributed by atoms with Gasteiger partial charge in [0.25, 0.3) is 0 Å². The van der Waals surface area contributed by atoms with Crippen LogP contribution in [0.15, 0.2) is 18.7 Å². The van der Waals surface area contributed by atoms with E-state index in [1.165, 1.54) is 6.33 Å². The molecule has 0 bridgehead atoms. The Labute approximate surface area is 112 Å². The fraction of sp³-hybridized carbons (Fsp3) is 0.538. The molecule has 0 spiro atoms. The van der Waals surface area contributed by atoms with Gasteiger partial charge in [0.1, 0.15) is 12.4 Å². The monoisotopic (exact) mass is 262 g/mol.